The molecule has 1 aromatic carbocycles. The van der Waals surface area contributed by atoms with Crippen LogP contribution in [0.5, 0.6) is 0 Å². The van der Waals surface area contributed by atoms with Gasteiger partial charge in [-0.3, -0.25) is 14.4 Å². The van der Waals surface area contributed by atoms with Gasteiger partial charge in [-0.25, -0.2) is 0 Å². The Bertz CT molecular complexity index is 570. The summed E-state index contributed by atoms with van der Waals surface area (Å²) in [5.74, 6) is -1.01. The molecule has 0 atom stereocenters. The van der Waals surface area contributed by atoms with Crippen LogP contribution < -0.4 is 16.4 Å². The zero-order chi connectivity index (χ0) is 17.2. The molecule has 4 N–H and O–H groups in total. The van der Waals surface area contributed by atoms with Gasteiger partial charge in [-0.1, -0.05) is 32.8 Å². The molecule has 0 heterocycles. The Morgan fingerprint density at radius 1 is 0.957 bits per heavy atom. The number of para-hydroxylation sites is 1. The number of rotatable bonds is 9. The van der Waals surface area contributed by atoms with E-state index < -0.39 is 5.91 Å². The Hall–Kier alpha value is -2.37. The van der Waals surface area contributed by atoms with Crippen molar-refractivity contribution in [1.82, 2.24) is 0 Å². The molecule has 6 heteroatoms. The number of benzene rings is 1. The maximum atomic E-state index is 12.0. The summed E-state index contributed by atoms with van der Waals surface area (Å²) >= 11 is 0. The molecule has 3 amide bonds. The number of amides is 3. The second-order valence-electron chi connectivity index (χ2n) is 5.40. The van der Waals surface area contributed by atoms with Crippen molar-refractivity contribution >= 4 is 29.1 Å². The smallest absolute Gasteiger partial charge is 0.250 e. The fraction of sp³-hybridized carbons (Fsp3) is 0.471. The zero-order valence-corrected chi connectivity index (χ0v) is 13.8. The SMILES string of the molecule is CCCCC(=O)Nc1cccc(C(N)=O)c1NC(=O)CCCC. The van der Waals surface area contributed by atoms with Gasteiger partial charge < -0.3 is 16.4 Å². The molecule has 1 aromatic rings. The molecular formula is C17H25N3O3. The lowest BCUT2D eigenvalue weighted by Gasteiger charge is -2.15. The first kappa shape index (κ1) is 18.7. The normalized spacial score (nSPS) is 10.2. The van der Waals surface area contributed by atoms with Gasteiger partial charge in [-0.05, 0) is 25.0 Å². The average molecular weight is 319 g/mol. The lowest BCUT2D eigenvalue weighted by molar-refractivity contribution is -0.117. The summed E-state index contributed by atoms with van der Waals surface area (Å²) in [6.07, 6.45) is 4.08. The van der Waals surface area contributed by atoms with Gasteiger partial charge >= 0.3 is 0 Å². The summed E-state index contributed by atoms with van der Waals surface area (Å²) in [4.78, 5) is 35.5. The van der Waals surface area contributed by atoms with Crippen molar-refractivity contribution in [2.24, 2.45) is 5.73 Å². The molecule has 0 spiro atoms. The van der Waals surface area contributed by atoms with Crippen molar-refractivity contribution < 1.29 is 14.4 Å². The van der Waals surface area contributed by atoms with Gasteiger partial charge in [0.05, 0.1) is 16.9 Å². The highest BCUT2D eigenvalue weighted by atomic mass is 16.2. The quantitative estimate of drug-likeness (QED) is 0.652. The maximum absolute atomic E-state index is 12.0. The van der Waals surface area contributed by atoms with E-state index in [-0.39, 0.29) is 23.1 Å². The number of unbranched alkanes of at least 4 members (excludes halogenated alkanes) is 2. The Morgan fingerprint density at radius 2 is 1.52 bits per heavy atom. The third-order valence-electron chi connectivity index (χ3n) is 3.38. The van der Waals surface area contributed by atoms with E-state index in [4.69, 9.17) is 5.73 Å². The van der Waals surface area contributed by atoms with E-state index in [2.05, 4.69) is 10.6 Å². The molecule has 0 unspecified atom stereocenters. The van der Waals surface area contributed by atoms with Crippen molar-refractivity contribution in [3.8, 4) is 0 Å². The molecular weight excluding hydrogens is 294 g/mol. The summed E-state index contributed by atoms with van der Waals surface area (Å²) in [5.41, 5.74) is 6.22. The van der Waals surface area contributed by atoms with Crippen LogP contribution in [0.2, 0.25) is 0 Å². The summed E-state index contributed by atoms with van der Waals surface area (Å²) < 4.78 is 0. The molecule has 6 nitrogen and oxygen atoms in total. The lowest BCUT2D eigenvalue weighted by Crippen LogP contribution is -2.21. The highest BCUT2D eigenvalue weighted by Crippen LogP contribution is 2.27. The fourth-order valence-corrected chi connectivity index (χ4v) is 2.09. The van der Waals surface area contributed by atoms with Gasteiger partial charge in [0.1, 0.15) is 0 Å². The number of anilines is 2. The molecule has 0 aromatic heterocycles. The molecule has 1 rings (SSSR count). The molecule has 126 valence electrons. The predicted octanol–water partition coefficient (Wildman–Crippen LogP) is 3.04. The minimum absolute atomic E-state index is 0.155. The Kier molecular flexibility index (Phi) is 7.80. The van der Waals surface area contributed by atoms with E-state index in [1.165, 1.54) is 6.07 Å². The van der Waals surface area contributed by atoms with Crippen molar-refractivity contribution in [2.75, 3.05) is 10.6 Å². The van der Waals surface area contributed by atoms with Crippen LogP contribution in [0.1, 0.15) is 62.7 Å². The Morgan fingerprint density at radius 3 is 2.04 bits per heavy atom. The average Bonchev–Trinajstić information content (AvgIpc) is 2.52. The van der Waals surface area contributed by atoms with E-state index in [0.717, 1.165) is 25.7 Å². The van der Waals surface area contributed by atoms with Crippen LogP contribution >= 0.6 is 0 Å². The van der Waals surface area contributed by atoms with Gasteiger partial charge in [0.15, 0.2) is 0 Å². The van der Waals surface area contributed by atoms with Crippen LogP contribution in [-0.2, 0) is 9.59 Å². The van der Waals surface area contributed by atoms with Crippen molar-refractivity contribution in [3.63, 3.8) is 0 Å². The molecule has 0 aliphatic carbocycles. The van der Waals surface area contributed by atoms with Crippen molar-refractivity contribution in [3.05, 3.63) is 23.8 Å². The predicted molar refractivity (Wildman–Crippen MR) is 91.3 cm³/mol. The third-order valence-corrected chi connectivity index (χ3v) is 3.38. The van der Waals surface area contributed by atoms with E-state index in [1.807, 2.05) is 13.8 Å². The van der Waals surface area contributed by atoms with Crippen molar-refractivity contribution in [2.45, 2.75) is 52.4 Å². The van der Waals surface area contributed by atoms with Crippen LogP contribution in [0.15, 0.2) is 18.2 Å². The molecule has 0 radical (unpaired) electrons. The van der Waals surface area contributed by atoms with Crippen molar-refractivity contribution in [1.29, 1.82) is 0 Å². The van der Waals surface area contributed by atoms with Gasteiger partial charge in [-0.2, -0.15) is 0 Å². The number of hydrogen-bond acceptors (Lipinski definition) is 3. The topological polar surface area (TPSA) is 101 Å². The number of carbonyl (C=O) groups excluding carboxylic acids is 3. The van der Waals surface area contributed by atoms with Crippen LogP contribution in [0.3, 0.4) is 0 Å². The minimum Gasteiger partial charge on any atom is -0.366 e. The minimum atomic E-state index is -0.652. The first-order chi connectivity index (χ1) is 11.0. The first-order valence-corrected chi connectivity index (χ1v) is 8.02. The van der Waals surface area contributed by atoms with E-state index in [0.29, 0.717) is 18.5 Å². The second-order valence-corrected chi connectivity index (χ2v) is 5.40. The third kappa shape index (κ3) is 6.10. The molecule has 23 heavy (non-hydrogen) atoms. The highest BCUT2D eigenvalue weighted by Gasteiger charge is 2.16. The van der Waals surface area contributed by atoms with Crippen LogP contribution in [0, 0.1) is 0 Å². The van der Waals surface area contributed by atoms with E-state index in [9.17, 15) is 14.4 Å². The Balaban J connectivity index is 3.00. The number of nitrogens with one attached hydrogen (secondary N) is 2. The highest BCUT2D eigenvalue weighted by molar-refractivity contribution is 6.08. The number of carbonyl (C=O) groups is 3. The van der Waals surface area contributed by atoms with E-state index in [1.54, 1.807) is 12.1 Å². The maximum Gasteiger partial charge on any atom is 0.250 e. The largest absolute Gasteiger partial charge is 0.366 e. The second kappa shape index (κ2) is 9.61. The molecule has 0 bridgehead atoms. The molecule has 0 fully saturated rings. The summed E-state index contributed by atoms with van der Waals surface area (Å²) in [7, 11) is 0. The van der Waals surface area contributed by atoms with Crippen LogP contribution in [0.4, 0.5) is 11.4 Å². The van der Waals surface area contributed by atoms with Gasteiger partial charge in [-0.15, -0.1) is 0 Å². The number of primary amides is 1. The number of nitrogens with two attached hydrogens (primary N) is 1. The lowest BCUT2D eigenvalue weighted by atomic mass is 10.1. The summed E-state index contributed by atoms with van der Waals surface area (Å²) in [5, 5.41) is 5.44. The van der Waals surface area contributed by atoms with Crippen LogP contribution in [0.25, 0.3) is 0 Å². The first-order valence-electron chi connectivity index (χ1n) is 8.02. The monoisotopic (exact) mass is 319 g/mol. The van der Waals surface area contributed by atoms with Gasteiger partial charge in [0.25, 0.3) is 5.91 Å². The molecule has 0 saturated heterocycles. The van der Waals surface area contributed by atoms with E-state index >= 15 is 0 Å². The summed E-state index contributed by atoms with van der Waals surface area (Å²) in [6.45, 7) is 3.99. The fourth-order valence-electron chi connectivity index (χ4n) is 2.09. The van der Waals surface area contributed by atoms with Gasteiger partial charge in [0, 0.05) is 12.8 Å². The zero-order valence-electron chi connectivity index (χ0n) is 13.8. The molecule has 0 aliphatic heterocycles. The number of hydrogen-bond donors (Lipinski definition) is 3. The Labute approximate surface area is 136 Å². The van der Waals surface area contributed by atoms with Crippen LogP contribution in [-0.4, -0.2) is 17.7 Å². The standard InChI is InChI=1S/C17H25N3O3/c1-3-5-10-14(21)19-13-9-7-8-12(17(18)23)16(13)20-15(22)11-6-4-2/h7-9H,3-6,10-11H2,1-2H3,(H2,18,23)(H,19,21)(H,20,22). The molecule has 0 aliphatic rings. The molecule has 0 saturated carbocycles. The van der Waals surface area contributed by atoms with Gasteiger partial charge in [0.2, 0.25) is 11.8 Å². The summed E-state index contributed by atoms with van der Waals surface area (Å²) in [6, 6.07) is 4.79.